The minimum absolute atomic E-state index is 0.296. The van der Waals surface area contributed by atoms with E-state index >= 15 is 0 Å². The molecule has 1 N–H and O–H groups in total. The Hall–Kier alpha value is -0.610. The van der Waals surface area contributed by atoms with Crippen molar-refractivity contribution < 1.29 is 14.6 Å². The number of likely N-dealkylation sites (tertiary alicyclic amines) is 1. The zero-order chi connectivity index (χ0) is 11.4. The topological polar surface area (TPSA) is 49.8 Å². The number of ether oxygens (including phenoxy) is 1. The highest BCUT2D eigenvalue weighted by Crippen LogP contribution is 2.21. The van der Waals surface area contributed by atoms with E-state index in [1.54, 1.807) is 0 Å². The van der Waals surface area contributed by atoms with Crippen molar-refractivity contribution in [1.82, 2.24) is 4.90 Å². The van der Waals surface area contributed by atoms with Crippen molar-refractivity contribution in [3.63, 3.8) is 0 Å². The molecule has 0 saturated carbocycles. The molecule has 88 valence electrons. The molecule has 0 spiro atoms. The van der Waals surface area contributed by atoms with Crippen LogP contribution in [0.5, 0.6) is 0 Å². The highest BCUT2D eigenvalue weighted by atomic mass is 16.5. The molecule has 1 rings (SSSR count). The summed E-state index contributed by atoms with van der Waals surface area (Å²) in [5, 5.41) is 9.72. The maximum absolute atomic E-state index is 11.4. The van der Waals surface area contributed by atoms with E-state index in [4.69, 9.17) is 4.74 Å². The summed E-state index contributed by atoms with van der Waals surface area (Å²) < 4.78 is 4.70. The van der Waals surface area contributed by atoms with Crippen molar-refractivity contribution >= 4 is 5.97 Å². The predicted molar refractivity (Wildman–Crippen MR) is 57.5 cm³/mol. The van der Waals surface area contributed by atoms with E-state index in [9.17, 15) is 9.90 Å². The molecule has 3 atom stereocenters. The predicted octanol–water partition coefficient (Wildman–Crippen LogP) is 0.641. The first kappa shape index (κ1) is 12.5. The van der Waals surface area contributed by atoms with Gasteiger partial charge in [0.2, 0.25) is 0 Å². The van der Waals surface area contributed by atoms with Gasteiger partial charge in [0, 0.05) is 19.1 Å². The second kappa shape index (κ2) is 5.47. The van der Waals surface area contributed by atoms with Crippen molar-refractivity contribution in [2.75, 3.05) is 20.2 Å². The summed E-state index contributed by atoms with van der Waals surface area (Å²) >= 11 is 0. The molecule has 4 heteroatoms. The molecule has 15 heavy (non-hydrogen) atoms. The van der Waals surface area contributed by atoms with E-state index in [1.807, 2.05) is 0 Å². The fourth-order valence-electron chi connectivity index (χ4n) is 2.01. The molecule has 4 nitrogen and oxygen atoms in total. The number of carbonyl (C=O) groups is 1. The third-order valence-electron chi connectivity index (χ3n) is 3.33. The number of aliphatic hydroxyl groups is 1. The minimum atomic E-state index is -0.544. The molecule has 0 amide bonds. The van der Waals surface area contributed by atoms with Gasteiger partial charge in [-0.3, -0.25) is 9.69 Å². The van der Waals surface area contributed by atoms with E-state index in [2.05, 4.69) is 18.7 Å². The first-order chi connectivity index (χ1) is 7.10. The largest absolute Gasteiger partial charge is 0.469 e. The van der Waals surface area contributed by atoms with Gasteiger partial charge in [0.25, 0.3) is 0 Å². The van der Waals surface area contributed by atoms with E-state index < -0.39 is 6.10 Å². The molecule has 1 aliphatic heterocycles. The smallest absolute Gasteiger partial charge is 0.312 e. The van der Waals surface area contributed by atoms with Crippen molar-refractivity contribution in [2.45, 2.75) is 38.8 Å². The van der Waals surface area contributed by atoms with Crippen LogP contribution in [-0.2, 0) is 9.53 Å². The Morgan fingerprint density at radius 1 is 1.67 bits per heavy atom. The average Bonchev–Trinajstić information content (AvgIpc) is 2.27. The molecule has 1 saturated heterocycles. The normalized spacial score (nSPS) is 29.9. The number of esters is 1. The standard InChI is InChI=1S/C11H21NO3/c1-4-8(2)12-6-5-10(13)9(7-12)11(14)15-3/h8-10,13H,4-7H2,1-3H3/t8-,9+,10-/m0/s1. The third kappa shape index (κ3) is 2.92. The minimum Gasteiger partial charge on any atom is -0.469 e. The number of nitrogens with zero attached hydrogens (tertiary/aromatic N) is 1. The lowest BCUT2D eigenvalue weighted by atomic mass is 9.93. The number of hydrogen-bond acceptors (Lipinski definition) is 4. The van der Waals surface area contributed by atoms with Crippen LogP contribution in [0.2, 0.25) is 0 Å². The van der Waals surface area contributed by atoms with Crippen LogP contribution in [0, 0.1) is 5.92 Å². The van der Waals surface area contributed by atoms with E-state index in [1.165, 1.54) is 7.11 Å². The number of aliphatic hydroxyl groups excluding tert-OH is 1. The monoisotopic (exact) mass is 215 g/mol. The Morgan fingerprint density at radius 2 is 2.33 bits per heavy atom. The van der Waals surface area contributed by atoms with Gasteiger partial charge in [0.15, 0.2) is 0 Å². The van der Waals surface area contributed by atoms with E-state index in [0.29, 0.717) is 19.0 Å². The van der Waals surface area contributed by atoms with Gasteiger partial charge >= 0.3 is 5.97 Å². The summed E-state index contributed by atoms with van der Waals surface area (Å²) in [6.07, 6.45) is 1.17. The Labute approximate surface area is 91.2 Å². The van der Waals surface area contributed by atoms with E-state index in [-0.39, 0.29) is 11.9 Å². The lowest BCUT2D eigenvalue weighted by Crippen LogP contribution is -2.49. The van der Waals surface area contributed by atoms with Gasteiger partial charge in [0.05, 0.1) is 19.1 Å². The fraction of sp³-hybridized carbons (Fsp3) is 0.909. The van der Waals surface area contributed by atoms with Crippen LogP contribution >= 0.6 is 0 Å². The molecule has 0 unspecified atom stereocenters. The first-order valence-corrected chi connectivity index (χ1v) is 5.60. The fourth-order valence-corrected chi connectivity index (χ4v) is 2.01. The Kier molecular flexibility index (Phi) is 4.54. The Morgan fingerprint density at radius 3 is 2.87 bits per heavy atom. The van der Waals surface area contributed by atoms with Crippen LogP contribution in [0.15, 0.2) is 0 Å². The number of carbonyl (C=O) groups excluding carboxylic acids is 1. The van der Waals surface area contributed by atoms with Crippen molar-refractivity contribution in [3.8, 4) is 0 Å². The summed E-state index contributed by atoms with van der Waals surface area (Å²) in [6.45, 7) is 5.75. The van der Waals surface area contributed by atoms with Gasteiger partial charge in [-0.1, -0.05) is 6.92 Å². The number of rotatable bonds is 3. The van der Waals surface area contributed by atoms with Gasteiger partial charge in [0.1, 0.15) is 0 Å². The van der Waals surface area contributed by atoms with Crippen molar-refractivity contribution in [1.29, 1.82) is 0 Å². The third-order valence-corrected chi connectivity index (χ3v) is 3.33. The van der Waals surface area contributed by atoms with Gasteiger partial charge in [-0.25, -0.2) is 0 Å². The Balaban J connectivity index is 2.59. The number of methoxy groups -OCH3 is 1. The Bertz CT molecular complexity index is 220. The zero-order valence-corrected chi connectivity index (χ0v) is 9.77. The SMILES string of the molecule is CC[C@H](C)N1CC[C@H](O)[C@H](C(=O)OC)C1. The average molecular weight is 215 g/mol. The van der Waals surface area contributed by atoms with Crippen LogP contribution in [0.25, 0.3) is 0 Å². The maximum Gasteiger partial charge on any atom is 0.312 e. The van der Waals surface area contributed by atoms with Crippen molar-refractivity contribution in [3.05, 3.63) is 0 Å². The van der Waals surface area contributed by atoms with Crippen molar-refractivity contribution in [2.24, 2.45) is 5.92 Å². The lowest BCUT2D eigenvalue weighted by molar-refractivity contribution is -0.153. The summed E-state index contributed by atoms with van der Waals surface area (Å²) in [5.41, 5.74) is 0. The first-order valence-electron chi connectivity index (χ1n) is 5.60. The molecule has 0 radical (unpaired) electrons. The molecule has 0 aromatic rings. The van der Waals surface area contributed by atoms with Gasteiger partial charge in [-0.05, 0) is 19.8 Å². The summed E-state index contributed by atoms with van der Waals surface area (Å²) in [5.74, 6) is -0.673. The molecule has 0 aromatic heterocycles. The second-order valence-corrected chi connectivity index (χ2v) is 4.24. The molecule has 1 heterocycles. The quantitative estimate of drug-likeness (QED) is 0.702. The van der Waals surface area contributed by atoms with Gasteiger partial charge in [-0.2, -0.15) is 0 Å². The molecule has 1 aliphatic rings. The zero-order valence-electron chi connectivity index (χ0n) is 9.77. The van der Waals surface area contributed by atoms with Crippen LogP contribution in [-0.4, -0.2) is 48.3 Å². The van der Waals surface area contributed by atoms with Crippen LogP contribution in [0.1, 0.15) is 26.7 Å². The van der Waals surface area contributed by atoms with Crippen LogP contribution in [0.4, 0.5) is 0 Å². The number of piperidine rings is 1. The van der Waals surface area contributed by atoms with Gasteiger partial charge in [-0.15, -0.1) is 0 Å². The highest BCUT2D eigenvalue weighted by Gasteiger charge is 2.34. The van der Waals surface area contributed by atoms with E-state index in [0.717, 1.165) is 13.0 Å². The molecular weight excluding hydrogens is 194 g/mol. The molecular formula is C11H21NO3. The molecule has 1 fully saturated rings. The lowest BCUT2D eigenvalue weighted by Gasteiger charge is -2.37. The summed E-state index contributed by atoms with van der Waals surface area (Å²) in [4.78, 5) is 13.7. The second-order valence-electron chi connectivity index (χ2n) is 4.24. The molecule has 0 bridgehead atoms. The van der Waals surface area contributed by atoms with Crippen LogP contribution in [0.3, 0.4) is 0 Å². The number of hydrogen-bond donors (Lipinski definition) is 1. The highest BCUT2D eigenvalue weighted by molar-refractivity contribution is 5.73. The maximum atomic E-state index is 11.4. The summed E-state index contributed by atoms with van der Waals surface area (Å²) in [6, 6.07) is 0.463. The summed E-state index contributed by atoms with van der Waals surface area (Å²) in [7, 11) is 1.37. The molecule has 0 aliphatic carbocycles. The van der Waals surface area contributed by atoms with Crippen LogP contribution < -0.4 is 0 Å². The van der Waals surface area contributed by atoms with Gasteiger partial charge < -0.3 is 9.84 Å². The molecule has 0 aromatic carbocycles.